The molecule has 0 aliphatic heterocycles. The van der Waals surface area contributed by atoms with Gasteiger partial charge in [0.25, 0.3) is 0 Å². The minimum absolute atomic E-state index is 0.0401. The third-order valence-corrected chi connectivity index (χ3v) is 6.63. The highest BCUT2D eigenvalue weighted by atomic mass is 31.2. The average molecular weight is 576 g/mol. The van der Waals surface area contributed by atoms with Crippen molar-refractivity contribution in [3.63, 3.8) is 0 Å². The molecule has 3 aromatic carbocycles. The smallest absolute Gasteiger partial charge is 0.384 e. The Bertz CT molecular complexity index is 1400. The number of phosphoric ester groups is 1. The average Bonchev–Trinajstić information content (AvgIpc) is 2.93. The molecule has 0 fully saturated rings. The number of anilines is 3. The predicted octanol–water partition coefficient (Wildman–Crippen LogP) is 6.63. The van der Waals surface area contributed by atoms with Crippen LogP contribution in [0.2, 0.25) is 0 Å². The Morgan fingerprint density at radius 1 is 0.585 bits per heavy atom. The van der Waals surface area contributed by atoms with Crippen molar-refractivity contribution in [2.75, 3.05) is 16.0 Å². The van der Waals surface area contributed by atoms with Crippen molar-refractivity contribution in [2.45, 2.75) is 20.8 Å². The Hall–Kier alpha value is -5.08. The second-order valence-electron chi connectivity index (χ2n) is 8.80. The first-order valence-corrected chi connectivity index (χ1v) is 13.7. The molecule has 0 saturated heterocycles. The zero-order valence-corrected chi connectivity index (χ0v) is 23.7. The van der Waals surface area contributed by atoms with E-state index in [4.69, 9.17) is 13.6 Å². The molecule has 0 aliphatic carbocycles. The van der Waals surface area contributed by atoms with Gasteiger partial charge in [-0.3, -0.25) is 14.4 Å². The van der Waals surface area contributed by atoms with Crippen LogP contribution in [0.1, 0.15) is 16.7 Å². The van der Waals surface area contributed by atoms with Crippen molar-refractivity contribution in [2.24, 2.45) is 0 Å². The standard InChI is InChI=1S/C30H30N3O7P/c1-7-28(34)31-22-16-19(4)10-13-25(22)38-41(37,39-26-14-11-20(5)17-23(26)32-29(35)8-2)40-27-15-12-21(6)18-24(27)33-30(36)9-3/h7-18H,1-3H2,4-6H3,(H,31,34)(H,32,35)(H,33,36). The molecule has 0 saturated carbocycles. The van der Waals surface area contributed by atoms with Crippen molar-refractivity contribution in [3.05, 3.63) is 109 Å². The zero-order chi connectivity index (χ0) is 30.2. The number of aryl methyl sites for hydroxylation is 3. The fourth-order valence-electron chi connectivity index (χ4n) is 3.43. The van der Waals surface area contributed by atoms with Gasteiger partial charge >= 0.3 is 7.82 Å². The van der Waals surface area contributed by atoms with E-state index in [0.717, 1.165) is 34.9 Å². The lowest BCUT2D eigenvalue weighted by atomic mass is 10.2. The molecule has 0 unspecified atom stereocenters. The molecule has 0 aromatic heterocycles. The van der Waals surface area contributed by atoms with Gasteiger partial charge in [-0.15, -0.1) is 0 Å². The maximum absolute atomic E-state index is 14.4. The van der Waals surface area contributed by atoms with Gasteiger partial charge in [0.05, 0.1) is 17.1 Å². The van der Waals surface area contributed by atoms with Gasteiger partial charge < -0.3 is 29.5 Å². The Morgan fingerprint density at radius 3 is 1.10 bits per heavy atom. The Balaban J connectivity index is 2.14. The monoisotopic (exact) mass is 575 g/mol. The van der Waals surface area contributed by atoms with Crippen molar-refractivity contribution >= 4 is 42.6 Å². The van der Waals surface area contributed by atoms with Crippen LogP contribution in [0.4, 0.5) is 17.1 Å². The number of carbonyl (C=O) groups excluding carboxylic acids is 3. The maximum Gasteiger partial charge on any atom is 0.647 e. The van der Waals surface area contributed by atoms with E-state index in [1.165, 1.54) is 18.2 Å². The van der Waals surface area contributed by atoms with Crippen LogP contribution in [0.25, 0.3) is 0 Å². The lowest BCUT2D eigenvalue weighted by Crippen LogP contribution is -2.14. The molecule has 0 spiro atoms. The van der Waals surface area contributed by atoms with Gasteiger partial charge in [0.2, 0.25) is 17.7 Å². The van der Waals surface area contributed by atoms with Crippen LogP contribution in [-0.2, 0) is 18.9 Å². The fourth-order valence-corrected chi connectivity index (χ4v) is 4.74. The largest absolute Gasteiger partial charge is 0.647 e. The molecule has 0 bridgehead atoms. The van der Waals surface area contributed by atoms with Crippen LogP contribution < -0.4 is 29.5 Å². The summed E-state index contributed by atoms with van der Waals surface area (Å²) in [4.78, 5) is 36.3. The second-order valence-corrected chi connectivity index (χ2v) is 10.2. The molecule has 0 aliphatic rings. The molecule has 0 heterocycles. The normalized spacial score (nSPS) is 10.5. The number of nitrogens with one attached hydrogen (secondary N) is 3. The van der Waals surface area contributed by atoms with Gasteiger partial charge in [0.15, 0.2) is 17.2 Å². The van der Waals surface area contributed by atoms with E-state index in [2.05, 4.69) is 35.7 Å². The lowest BCUT2D eigenvalue weighted by Gasteiger charge is -2.23. The number of phosphoric acid groups is 1. The first-order chi connectivity index (χ1) is 19.4. The topological polar surface area (TPSA) is 132 Å². The molecule has 212 valence electrons. The summed E-state index contributed by atoms with van der Waals surface area (Å²) in [5.41, 5.74) is 2.85. The summed E-state index contributed by atoms with van der Waals surface area (Å²) in [5, 5.41) is 7.82. The van der Waals surface area contributed by atoms with Gasteiger partial charge in [-0.05, 0) is 92.1 Å². The Labute approximate surface area is 238 Å². The molecule has 3 rings (SSSR count). The molecule has 0 atom stereocenters. The van der Waals surface area contributed by atoms with Crippen molar-refractivity contribution in [1.82, 2.24) is 0 Å². The van der Waals surface area contributed by atoms with Crippen molar-refractivity contribution in [3.8, 4) is 17.2 Å². The molecular weight excluding hydrogens is 545 g/mol. The molecule has 3 aromatic rings. The summed E-state index contributed by atoms with van der Waals surface area (Å²) in [6.07, 6.45) is 3.21. The highest BCUT2D eigenvalue weighted by Crippen LogP contribution is 2.53. The van der Waals surface area contributed by atoms with E-state index < -0.39 is 25.5 Å². The SMILES string of the molecule is C=CC(=O)Nc1cc(C)ccc1OP(=O)(Oc1ccc(C)cc1NC(=O)C=C)Oc1ccc(C)cc1NC(=O)C=C. The van der Waals surface area contributed by atoms with Crippen LogP contribution in [0, 0.1) is 20.8 Å². The third-order valence-electron chi connectivity index (χ3n) is 5.37. The van der Waals surface area contributed by atoms with Gasteiger partial charge in [-0.25, -0.2) is 0 Å². The Morgan fingerprint density at radius 2 is 0.854 bits per heavy atom. The van der Waals surface area contributed by atoms with Crippen LogP contribution in [0.15, 0.2) is 92.6 Å². The molecule has 11 heteroatoms. The summed E-state index contributed by atoms with van der Waals surface area (Å²) in [6, 6.07) is 14.3. The molecule has 0 radical (unpaired) electrons. The van der Waals surface area contributed by atoms with Gasteiger partial charge in [-0.2, -0.15) is 4.57 Å². The number of rotatable bonds is 12. The first kappa shape index (κ1) is 30.5. The van der Waals surface area contributed by atoms with Gasteiger partial charge in [0, 0.05) is 0 Å². The lowest BCUT2D eigenvalue weighted by molar-refractivity contribution is -0.112. The minimum Gasteiger partial charge on any atom is -0.384 e. The van der Waals surface area contributed by atoms with Gasteiger partial charge in [0.1, 0.15) is 0 Å². The van der Waals surface area contributed by atoms with Crippen LogP contribution >= 0.6 is 7.82 Å². The van der Waals surface area contributed by atoms with E-state index in [1.54, 1.807) is 57.2 Å². The van der Waals surface area contributed by atoms with E-state index in [9.17, 15) is 18.9 Å². The summed E-state index contributed by atoms with van der Waals surface area (Å²) in [7, 11) is -4.70. The number of carbonyl (C=O) groups is 3. The summed E-state index contributed by atoms with van der Waals surface area (Å²) in [5.74, 6) is -1.71. The van der Waals surface area contributed by atoms with Crippen LogP contribution in [0.3, 0.4) is 0 Å². The summed E-state index contributed by atoms with van der Waals surface area (Å²) in [6.45, 7) is 15.7. The van der Waals surface area contributed by atoms with E-state index in [-0.39, 0.29) is 34.3 Å². The fraction of sp³-hybridized carbons (Fsp3) is 0.100. The predicted molar refractivity (Wildman–Crippen MR) is 160 cm³/mol. The second kappa shape index (κ2) is 13.3. The van der Waals surface area contributed by atoms with Crippen molar-refractivity contribution in [1.29, 1.82) is 0 Å². The summed E-state index contributed by atoms with van der Waals surface area (Å²) >= 11 is 0. The van der Waals surface area contributed by atoms with Crippen LogP contribution in [0.5, 0.6) is 17.2 Å². The quantitative estimate of drug-likeness (QED) is 0.163. The molecule has 10 nitrogen and oxygen atoms in total. The Kier molecular flexibility index (Phi) is 9.90. The third kappa shape index (κ3) is 8.45. The summed E-state index contributed by atoms with van der Waals surface area (Å²) < 4.78 is 32.0. The van der Waals surface area contributed by atoms with Crippen LogP contribution in [-0.4, -0.2) is 17.7 Å². The molecule has 3 N–H and O–H groups in total. The molecule has 41 heavy (non-hydrogen) atoms. The molecular formula is C30H30N3O7P. The highest BCUT2D eigenvalue weighted by Gasteiger charge is 2.36. The van der Waals surface area contributed by atoms with E-state index in [1.807, 2.05) is 0 Å². The number of benzene rings is 3. The maximum atomic E-state index is 14.4. The first-order valence-electron chi connectivity index (χ1n) is 12.3. The highest BCUT2D eigenvalue weighted by molar-refractivity contribution is 7.49. The van der Waals surface area contributed by atoms with E-state index in [0.29, 0.717) is 0 Å². The van der Waals surface area contributed by atoms with Crippen molar-refractivity contribution < 1.29 is 32.5 Å². The number of hydrogen-bond donors (Lipinski definition) is 3. The number of hydrogen-bond acceptors (Lipinski definition) is 7. The van der Waals surface area contributed by atoms with E-state index >= 15 is 0 Å². The molecule has 3 amide bonds. The zero-order valence-electron chi connectivity index (χ0n) is 22.9. The minimum atomic E-state index is -4.70. The van der Waals surface area contributed by atoms with Gasteiger partial charge in [-0.1, -0.05) is 37.9 Å². The number of amides is 3.